The van der Waals surface area contributed by atoms with Crippen molar-refractivity contribution >= 4 is 5.91 Å². The van der Waals surface area contributed by atoms with Crippen LogP contribution in [0.1, 0.15) is 33.1 Å². The van der Waals surface area contributed by atoms with Crippen LogP contribution in [0.15, 0.2) is 18.5 Å². The van der Waals surface area contributed by atoms with Gasteiger partial charge in [0.05, 0.1) is 12.1 Å². The molecule has 100 valence electrons. The number of rotatable bonds is 5. The van der Waals surface area contributed by atoms with Gasteiger partial charge in [-0.25, -0.2) is 0 Å². The highest BCUT2D eigenvalue weighted by Gasteiger charge is 2.39. The molecule has 1 aromatic heterocycles. The predicted molar refractivity (Wildman–Crippen MR) is 70.1 cm³/mol. The van der Waals surface area contributed by atoms with Crippen LogP contribution in [0.5, 0.6) is 0 Å². The van der Waals surface area contributed by atoms with Gasteiger partial charge in [-0.2, -0.15) is 5.10 Å². The topological polar surface area (TPSA) is 59.0 Å². The molecule has 2 unspecified atom stereocenters. The van der Waals surface area contributed by atoms with E-state index >= 15 is 0 Å². The van der Waals surface area contributed by atoms with Crippen molar-refractivity contribution < 1.29 is 4.79 Å². The van der Waals surface area contributed by atoms with E-state index in [4.69, 9.17) is 0 Å². The summed E-state index contributed by atoms with van der Waals surface area (Å²) in [4.78, 5) is 12.3. The Bertz CT molecular complexity index is 382. The van der Waals surface area contributed by atoms with Crippen LogP contribution < -0.4 is 10.6 Å². The van der Waals surface area contributed by atoms with E-state index in [2.05, 4.69) is 22.7 Å². The van der Waals surface area contributed by atoms with Crippen LogP contribution in [0.3, 0.4) is 0 Å². The summed E-state index contributed by atoms with van der Waals surface area (Å²) in [5.74, 6) is 0.127. The van der Waals surface area contributed by atoms with Crippen molar-refractivity contribution in [1.82, 2.24) is 20.4 Å². The molecule has 0 bridgehead atoms. The lowest BCUT2D eigenvalue weighted by Crippen LogP contribution is -2.55. The average molecular weight is 250 g/mol. The van der Waals surface area contributed by atoms with Crippen molar-refractivity contribution in [2.45, 2.75) is 51.2 Å². The summed E-state index contributed by atoms with van der Waals surface area (Å²) in [5, 5.41) is 10.6. The second-order valence-corrected chi connectivity index (χ2v) is 5.07. The molecule has 5 heteroatoms. The van der Waals surface area contributed by atoms with E-state index in [-0.39, 0.29) is 17.5 Å². The average Bonchev–Trinajstić information content (AvgIpc) is 2.99. The zero-order chi connectivity index (χ0) is 13.0. The number of hydrogen-bond donors (Lipinski definition) is 2. The first-order valence-electron chi connectivity index (χ1n) is 6.70. The first-order chi connectivity index (χ1) is 8.66. The summed E-state index contributed by atoms with van der Waals surface area (Å²) in [7, 11) is 0. The van der Waals surface area contributed by atoms with Gasteiger partial charge in [-0.1, -0.05) is 6.92 Å². The van der Waals surface area contributed by atoms with Crippen molar-refractivity contribution in [3.63, 3.8) is 0 Å². The molecule has 0 radical (unpaired) electrons. The third kappa shape index (κ3) is 2.72. The summed E-state index contributed by atoms with van der Waals surface area (Å²) in [6, 6.07) is 1.98. The van der Waals surface area contributed by atoms with Crippen molar-refractivity contribution in [1.29, 1.82) is 0 Å². The Hall–Kier alpha value is -1.36. The molecule has 0 aliphatic carbocycles. The van der Waals surface area contributed by atoms with E-state index in [0.717, 1.165) is 25.8 Å². The zero-order valence-electron chi connectivity index (χ0n) is 11.1. The molecule has 1 amide bonds. The van der Waals surface area contributed by atoms with Crippen molar-refractivity contribution in [2.24, 2.45) is 0 Å². The lowest BCUT2D eigenvalue weighted by molar-refractivity contribution is -0.128. The smallest absolute Gasteiger partial charge is 0.240 e. The van der Waals surface area contributed by atoms with Gasteiger partial charge in [-0.05, 0) is 38.8 Å². The minimum absolute atomic E-state index is 0.0863. The lowest BCUT2D eigenvalue weighted by atomic mass is 9.93. The maximum absolute atomic E-state index is 12.3. The molecule has 1 saturated heterocycles. The Kier molecular flexibility index (Phi) is 4.01. The number of carbonyl (C=O) groups is 1. The van der Waals surface area contributed by atoms with Crippen molar-refractivity contribution in [3.8, 4) is 0 Å². The maximum atomic E-state index is 12.3. The molecule has 2 rings (SSSR count). The first-order valence-corrected chi connectivity index (χ1v) is 6.70. The van der Waals surface area contributed by atoms with E-state index in [0.29, 0.717) is 6.54 Å². The van der Waals surface area contributed by atoms with E-state index in [9.17, 15) is 4.79 Å². The molecule has 2 N–H and O–H groups in total. The molecule has 0 spiro atoms. The number of nitrogens with one attached hydrogen (secondary N) is 2. The molecule has 2 heterocycles. The Balaban J connectivity index is 1.90. The van der Waals surface area contributed by atoms with E-state index in [1.54, 1.807) is 6.20 Å². The van der Waals surface area contributed by atoms with Gasteiger partial charge >= 0.3 is 0 Å². The van der Waals surface area contributed by atoms with Crippen molar-refractivity contribution in [2.75, 3.05) is 6.54 Å². The van der Waals surface area contributed by atoms with E-state index in [1.807, 2.05) is 23.9 Å². The lowest BCUT2D eigenvalue weighted by Gasteiger charge is -2.28. The van der Waals surface area contributed by atoms with Gasteiger partial charge in [0.1, 0.15) is 0 Å². The zero-order valence-corrected chi connectivity index (χ0v) is 11.1. The first kappa shape index (κ1) is 13.1. The monoisotopic (exact) mass is 250 g/mol. The summed E-state index contributed by atoms with van der Waals surface area (Å²) in [6.07, 6.45) is 6.51. The maximum Gasteiger partial charge on any atom is 0.240 e. The third-order valence-corrected chi connectivity index (χ3v) is 3.68. The summed E-state index contributed by atoms with van der Waals surface area (Å²) < 4.78 is 1.84. The molecular weight excluding hydrogens is 228 g/mol. The number of aromatic nitrogens is 2. The minimum atomic E-state index is -0.349. The van der Waals surface area contributed by atoms with Crippen LogP contribution in [0.2, 0.25) is 0 Å². The Morgan fingerprint density at radius 2 is 2.50 bits per heavy atom. The number of nitrogens with zero attached hydrogens (tertiary/aromatic N) is 2. The molecule has 18 heavy (non-hydrogen) atoms. The standard InChI is InChI=1S/C13H22N4O/c1-3-13(6-4-7-14-13)12(18)16-11(2)10-17-9-5-8-15-17/h5,8-9,11,14H,3-4,6-7,10H2,1-2H3,(H,16,18). The summed E-state index contributed by atoms with van der Waals surface area (Å²) in [5.41, 5.74) is -0.349. The molecule has 0 aromatic carbocycles. The van der Waals surface area contributed by atoms with Crippen LogP contribution in [0, 0.1) is 0 Å². The molecule has 1 aromatic rings. The van der Waals surface area contributed by atoms with Crippen LogP contribution in [0.25, 0.3) is 0 Å². The fraction of sp³-hybridized carbons (Fsp3) is 0.692. The highest BCUT2D eigenvalue weighted by Crippen LogP contribution is 2.23. The molecular formula is C13H22N4O. The molecule has 2 atom stereocenters. The van der Waals surface area contributed by atoms with Crippen LogP contribution >= 0.6 is 0 Å². The SMILES string of the molecule is CCC1(C(=O)NC(C)Cn2cccn2)CCCN1. The molecule has 1 aliphatic heterocycles. The van der Waals surface area contributed by atoms with Crippen LogP contribution in [0.4, 0.5) is 0 Å². The fourth-order valence-electron chi connectivity index (χ4n) is 2.56. The fourth-order valence-corrected chi connectivity index (χ4v) is 2.56. The van der Waals surface area contributed by atoms with Crippen LogP contribution in [-0.2, 0) is 11.3 Å². The molecule has 1 fully saturated rings. The summed E-state index contributed by atoms with van der Waals surface area (Å²) >= 11 is 0. The van der Waals surface area contributed by atoms with Gasteiger partial charge in [0.2, 0.25) is 5.91 Å². The molecule has 5 nitrogen and oxygen atoms in total. The highest BCUT2D eigenvalue weighted by atomic mass is 16.2. The summed E-state index contributed by atoms with van der Waals surface area (Å²) in [6.45, 7) is 5.72. The van der Waals surface area contributed by atoms with E-state index in [1.165, 1.54) is 0 Å². The van der Waals surface area contributed by atoms with Gasteiger partial charge in [0, 0.05) is 18.4 Å². The minimum Gasteiger partial charge on any atom is -0.350 e. The second kappa shape index (κ2) is 5.52. The predicted octanol–water partition coefficient (Wildman–Crippen LogP) is 0.920. The van der Waals surface area contributed by atoms with Crippen molar-refractivity contribution in [3.05, 3.63) is 18.5 Å². The van der Waals surface area contributed by atoms with Gasteiger partial charge in [-0.15, -0.1) is 0 Å². The van der Waals surface area contributed by atoms with Gasteiger partial charge in [-0.3, -0.25) is 9.48 Å². The van der Waals surface area contributed by atoms with Crippen LogP contribution in [-0.4, -0.2) is 33.8 Å². The van der Waals surface area contributed by atoms with Gasteiger partial charge in [0.25, 0.3) is 0 Å². The Morgan fingerprint density at radius 3 is 3.06 bits per heavy atom. The normalized spacial score (nSPS) is 25.0. The third-order valence-electron chi connectivity index (χ3n) is 3.68. The largest absolute Gasteiger partial charge is 0.350 e. The Morgan fingerprint density at radius 1 is 1.67 bits per heavy atom. The highest BCUT2D eigenvalue weighted by molar-refractivity contribution is 5.86. The number of hydrogen-bond acceptors (Lipinski definition) is 3. The quantitative estimate of drug-likeness (QED) is 0.817. The number of amides is 1. The Labute approximate surface area is 108 Å². The van der Waals surface area contributed by atoms with Gasteiger partial charge < -0.3 is 10.6 Å². The second-order valence-electron chi connectivity index (χ2n) is 5.07. The molecule has 1 aliphatic rings. The van der Waals surface area contributed by atoms with Gasteiger partial charge in [0.15, 0.2) is 0 Å². The number of carbonyl (C=O) groups excluding carboxylic acids is 1. The van der Waals surface area contributed by atoms with E-state index < -0.39 is 0 Å². The molecule has 0 saturated carbocycles.